The molecule has 0 saturated carbocycles. The fraction of sp³-hybridized carbons (Fsp3) is 0.500. The Balaban J connectivity index is 2.71. The molecule has 1 atom stereocenters. The lowest BCUT2D eigenvalue weighted by atomic mass is 10.0. The Morgan fingerprint density at radius 3 is 2.92 bits per heavy atom. The SMILES string of the molecule is C#CCCC(N)c1cn(C)nc1C. The van der Waals surface area contributed by atoms with Crippen LogP contribution in [0.1, 0.15) is 30.1 Å². The second-order valence-electron chi connectivity index (χ2n) is 3.19. The van der Waals surface area contributed by atoms with Crippen LogP contribution in [0.2, 0.25) is 0 Å². The third-order valence-electron chi connectivity index (χ3n) is 2.05. The minimum atomic E-state index is 0.0183. The number of nitrogens with two attached hydrogens (primary N) is 1. The lowest BCUT2D eigenvalue weighted by Gasteiger charge is -2.07. The summed E-state index contributed by atoms with van der Waals surface area (Å²) in [5.41, 5.74) is 8.03. The van der Waals surface area contributed by atoms with E-state index in [1.807, 2.05) is 20.2 Å². The van der Waals surface area contributed by atoms with E-state index in [0.717, 1.165) is 24.1 Å². The molecular formula is C10H15N3. The van der Waals surface area contributed by atoms with Gasteiger partial charge in [0.05, 0.1) is 5.69 Å². The molecular weight excluding hydrogens is 162 g/mol. The molecule has 0 amide bonds. The van der Waals surface area contributed by atoms with E-state index < -0.39 is 0 Å². The van der Waals surface area contributed by atoms with Crippen LogP contribution in [0.25, 0.3) is 0 Å². The normalized spacial score (nSPS) is 12.5. The molecule has 13 heavy (non-hydrogen) atoms. The maximum atomic E-state index is 5.95. The molecule has 1 rings (SSSR count). The molecule has 3 nitrogen and oxygen atoms in total. The number of nitrogens with zero attached hydrogens (tertiary/aromatic N) is 2. The second kappa shape index (κ2) is 4.11. The van der Waals surface area contributed by atoms with Crippen molar-refractivity contribution in [1.29, 1.82) is 0 Å². The smallest absolute Gasteiger partial charge is 0.0641 e. The van der Waals surface area contributed by atoms with Crippen LogP contribution in [0.3, 0.4) is 0 Å². The fourth-order valence-electron chi connectivity index (χ4n) is 1.38. The Bertz CT molecular complexity index is 319. The number of aromatic nitrogens is 2. The highest BCUT2D eigenvalue weighted by molar-refractivity contribution is 5.19. The van der Waals surface area contributed by atoms with E-state index in [2.05, 4.69) is 11.0 Å². The number of aryl methyl sites for hydroxylation is 2. The maximum Gasteiger partial charge on any atom is 0.0641 e. The summed E-state index contributed by atoms with van der Waals surface area (Å²) in [6.45, 7) is 1.96. The van der Waals surface area contributed by atoms with Gasteiger partial charge in [0, 0.05) is 31.3 Å². The third-order valence-corrected chi connectivity index (χ3v) is 2.05. The van der Waals surface area contributed by atoms with Crippen LogP contribution >= 0.6 is 0 Å². The van der Waals surface area contributed by atoms with Gasteiger partial charge in [-0.3, -0.25) is 4.68 Å². The molecule has 0 aliphatic rings. The topological polar surface area (TPSA) is 43.8 Å². The molecule has 1 aromatic rings. The summed E-state index contributed by atoms with van der Waals surface area (Å²) in [6, 6.07) is 0.0183. The summed E-state index contributed by atoms with van der Waals surface area (Å²) in [7, 11) is 1.89. The molecule has 70 valence electrons. The zero-order valence-electron chi connectivity index (χ0n) is 8.12. The molecule has 1 heterocycles. The van der Waals surface area contributed by atoms with Gasteiger partial charge >= 0.3 is 0 Å². The summed E-state index contributed by atoms with van der Waals surface area (Å²) in [6.07, 6.45) is 8.67. The van der Waals surface area contributed by atoms with E-state index in [0.29, 0.717) is 0 Å². The Hall–Kier alpha value is -1.27. The van der Waals surface area contributed by atoms with E-state index in [1.165, 1.54) is 0 Å². The van der Waals surface area contributed by atoms with Crippen LogP contribution in [-0.2, 0) is 7.05 Å². The molecule has 0 radical (unpaired) electrons. The Kier molecular flexibility index (Phi) is 3.10. The summed E-state index contributed by atoms with van der Waals surface area (Å²) >= 11 is 0. The molecule has 0 aliphatic heterocycles. The van der Waals surface area contributed by atoms with Crippen LogP contribution in [0.5, 0.6) is 0 Å². The summed E-state index contributed by atoms with van der Waals surface area (Å²) < 4.78 is 1.78. The molecule has 0 fully saturated rings. The van der Waals surface area contributed by atoms with Gasteiger partial charge in [-0.15, -0.1) is 12.3 Å². The first-order chi connectivity index (χ1) is 6.15. The predicted octanol–water partition coefficient (Wildman–Crippen LogP) is 1.14. The zero-order chi connectivity index (χ0) is 9.84. The first-order valence-corrected chi connectivity index (χ1v) is 4.34. The van der Waals surface area contributed by atoms with Crippen molar-refractivity contribution in [3.63, 3.8) is 0 Å². The molecule has 0 spiro atoms. The molecule has 0 aliphatic carbocycles. The summed E-state index contributed by atoms with van der Waals surface area (Å²) in [5, 5.41) is 4.23. The van der Waals surface area contributed by atoms with Crippen LogP contribution in [0.4, 0.5) is 0 Å². The van der Waals surface area contributed by atoms with Crippen molar-refractivity contribution in [3.8, 4) is 12.3 Å². The van der Waals surface area contributed by atoms with Crippen LogP contribution in [-0.4, -0.2) is 9.78 Å². The van der Waals surface area contributed by atoms with Crippen molar-refractivity contribution in [2.75, 3.05) is 0 Å². The molecule has 1 aromatic heterocycles. The van der Waals surface area contributed by atoms with Gasteiger partial charge < -0.3 is 5.73 Å². The van der Waals surface area contributed by atoms with Crippen molar-refractivity contribution < 1.29 is 0 Å². The molecule has 0 saturated heterocycles. The van der Waals surface area contributed by atoms with E-state index >= 15 is 0 Å². The van der Waals surface area contributed by atoms with Gasteiger partial charge in [-0.05, 0) is 13.3 Å². The minimum Gasteiger partial charge on any atom is -0.324 e. The molecule has 0 bridgehead atoms. The van der Waals surface area contributed by atoms with Gasteiger partial charge in [-0.1, -0.05) is 0 Å². The number of rotatable bonds is 3. The Morgan fingerprint density at radius 2 is 2.46 bits per heavy atom. The van der Waals surface area contributed by atoms with E-state index in [1.54, 1.807) is 4.68 Å². The van der Waals surface area contributed by atoms with Crippen molar-refractivity contribution >= 4 is 0 Å². The molecule has 1 unspecified atom stereocenters. The quantitative estimate of drug-likeness (QED) is 0.704. The lowest BCUT2D eigenvalue weighted by molar-refractivity contribution is 0.663. The highest BCUT2D eigenvalue weighted by atomic mass is 15.2. The van der Waals surface area contributed by atoms with Crippen molar-refractivity contribution in [2.45, 2.75) is 25.8 Å². The van der Waals surface area contributed by atoms with Crippen LogP contribution in [0.15, 0.2) is 6.20 Å². The lowest BCUT2D eigenvalue weighted by Crippen LogP contribution is -2.10. The van der Waals surface area contributed by atoms with E-state index in [4.69, 9.17) is 12.2 Å². The van der Waals surface area contributed by atoms with Gasteiger partial charge in [0.1, 0.15) is 0 Å². The average Bonchev–Trinajstić information content (AvgIpc) is 2.41. The monoisotopic (exact) mass is 177 g/mol. The van der Waals surface area contributed by atoms with Gasteiger partial charge in [-0.25, -0.2) is 0 Å². The minimum absolute atomic E-state index is 0.0183. The highest BCUT2D eigenvalue weighted by Crippen LogP contribution is 2.17. The van der Waals surface area contributed by atoms with Gasteiger partial charge in [-0.2, -0.15) is 5.10 Å². The second-order valence-corrected chi connectivity index (χ2v) is 3.19. The third kappa shape index (κ3) is 2.33. The van der Waals surface area contributed by atoms with Gasteiger partial charge in [0.25, 0.3) is 0 Å². The van der Waals surface area contributed by atoms with Crippen molar-refractivity contribution in [2.24, 2.45) is 12.8 Å². The van der Waals surface area contributed by atoms with Crippen LogP contribution in [0, 0.1) is 19.3 Å². The molecule has 3 heteroatoms. The van der Waals surface area contributed by atoms with Crippen LogP contribution < -0.4 is 5.73 Å². The van der Waals surface area contributed by atoms with E-state index in [9.17, 15) is 0 Å². The Morgan fingerprint density at radius 1 is 1.77 bits per heavy atom. The van der Waals surface area contributed by atoms with Crippen molar-refractivity contribution in [3.05, 3.63) is 17.5 Å². The fourth-order valence-corrected chi connectivity index (χ4v) is 1.38. The van der Waals surface area contributed by atoms with Gasteiger partial charge in [0.2, 0.25) is 0 Å². The molecule has 0 aromatic carbocycles. The van der Waals surface area contributed by atoms with E-state index in [-0.39, 0.29) is 6.04 Å². The number of terminal acetylenes is 1. The van der Waals surface area contributed by atoms with Gasteiger partial charge in [0.15, 0.2) is 0 Å². The Labute approximate surface area is 78.9 Å². The average molecular weight is 177 g/mol. The zero-order valence-corrected chi connectivity index (χ0v) is 8.12. The summed E-state index contributed by atoms with van der Waals surface area (Å²) in [5.74, 6) is 2.59. The standard InChI is InChI=1S/C10H15N3/c1-4-5-6-10(11)9-7-13(3)12-8(9)2/h1,7,10H,5-6,11H2,2-3H3. The number of hydrogen-bond donors (Lipinski definition) is 1. The van der Waals surface area contributed by atoms with Crippen molar-refractivity contribution in [1.82, 2.24) is 9.78 Å². The first kappa shape index (κ1) is 9.82. The highest BCUT2D eigenvalue weighted by Gasteiger charge is 2.10. The molecule has 2 N–H and O–H groups in total. The largest absolute Gasteiger partial charge is 0.324 e. The first-order valence-electron chi connectivity index (χ1n) is 4.34. The number of hydrogen-bond acceptors (Lipinski definition) is 2. The maximum absolute atomic E-state index is 5.95. The summed E-state index contributed by atoms with van der Waals surface area (Å²) in [4.78, 5) is 0. The predicted molar refractivity (Wildman–Crippen MR) is 52.9 cm³/mol.